The van der Waals surface area contributed by atoms with Crippen molar-refractivity contribution in [1.29, 1.82) is 0 Å². The van der Waals surface area contributed by atoms with Gasteiger partial charge in [-0.1, -0.05) is 90.2 Å². The van der Waals surface area contributed by atoms with Crippen molar-refractivity contribution in [2.75, 3.05) is 6.61 Å². The number of hydrogen-bond acceptors (Lipinski definition) is 6. The van der Waals surface area contributed by atoms with E-state index >= 15 is 0 Å². The van der Waals surface area contributed by atoms with Crippen LogP contribution < -0.4 is 19.6 Å². The molecule has 0 bridgehead atoms. The molecule has 2 heterocycles. The Hall–Kier alpha value is -4.60. The molecule has 220 valence electrons. The molecule has 0 aliphatic carbocycles. The van der Waals surface area contributed by atoms with Crippen LogP contribution in [0.25, 0.3) is 11.8 Å². The van der Waals surface area contributed by atoms with Crippen molar-refractivity contribution in [3.05, 3.63) is 161 Å². The molecule has 9 heteroatoms. The molecule has 0 amide bonds. The van der Waals surface area contributed by atoms with E-state index in [1.54, 1.807) is 29.7 Å². The van der Waals surface area contributed by atoms with Gasteiger partial charge in [0.2, 0.25) is 0 Å². The number of aromatic nitrogens is 1. The molecule has 0 saturated heterocycles. The number of esters is 1. The molecule has 0 radical (unpaired) electrons. The van der Waals surface area contributed by atoms with E-state index in [4.69, 9.17) is 14.5 Å². The number of nitrogens with zero attached hydrogens (tertiary/aromatic N) is 2. The molecular formula is C35H26BrFN2O4S. The molecule has 0 fully saturated rings. The second-order valence-corrected chi connectivity index (χ2v) is 11.8. The summed E-state index contributed by atoms with van der Waals surface area (Å²) < 4.78 is 27.4. The van der Waals surface area contributed by atoms with E-state index < -0.39 is 12.0 Å². The first-order chi connectivity index (χ1) is 21.4. The zero-order valence-electron chi connectivity index (χ0n) is 23.6. The van der Waals surface area contributed by atoms with Crippen molar-refractivity contribution in [2.24, 2.45) is 4.99 Å². The third-order valence-electron chi connectivity index (χ3n) is 7.05. The summed E-state index contributed by atoms with van der Waals surface area (Å²) >= 11 is 4.84. The molecule has 0 saturated carbocycles. The standard InChI is InChI=1S/C35H26BrFN2O4S/c1-2-42-34(41)30-31(24-9-5-3-6-10-24)38-35-39(32(30)25-11-7-4-8-12-25)33(40)29(44-35)20-23-15-18-28(27(36)19-23)43-21-22-13-16-26(37)17-14-22/h3-20,32H,2,21H2,1H3/b29-20-/t32-/m1/s1. The van der Waals surface area contributed by atoms with Crippen LogP contribution in [0.4, 0.5) is 4.39 Å². The third kappa shape index (κ3) is 6.06. The number of thiazole rings is 1. The summed E-state index contributed by atoms with van der Waals surface area (Å²) in [5.41, 5.74) is 3.69. The number of rotatable bonds is 8. The number of ether oxygens (including phenoxy) is 2. The van der Waals surface area contributed by atoms with Gasteiger partial charge in [0.1, 0.15) is 18.2 Å². The minimum absolute atomic E-state index is 0.189. The third-order valence-corrected chi connectivity index (χ3v) is 8.65. The molecule has 1 atom stereocenters. The van der Waals surface area contributed by atoms with Crippen LogP contribution in [0.3, 0.4) is 0 Å². The lowest BCUT2D eigenvalue weighted by Gasteiger charge is -2.25. The molecule has 6 rings (SSSR count). The van der Waals surface area contributed by atoms with Gasteiger partial charge in [-0.25, -0.2) is 14.2 Å². The topological polar surface area (TPSA) is 69.9 Å². The summed E-state index contributed by atoms with van der Waals surface area (Å²) in [7, 11) is 0. The molecule has 1 aliphatic rings. The molecule has 6 nitrogen and oxygen atoms in total. The van der Waals surface area contributed by atoms with Gasteiger partial charge in [0.15, 0.2) is 4.80 Å². The number of benzene rings is 4. The quantitative estimate of drug-likeness (QED) is 0.179. The van der Waals surface area contributed by atoms with Gasteiger partial charge in [-0.2, -0.15) is 0 Å². The first-order valence-electron chi connectivity index (χ1n) is 13.9. The van der Waals surface area contributed by atoms with Crippen molar-refractivity contribution in [3.8, 4) is 5.75 Å². The van der Waals surface area contributed by atoms with Gasteiger partial charge >= 0.3 is 5.97 Å². The minimum Gasteiger partial charge on any atom is -0.488 e. The normalized spacial score (nSPS) is 14.6. The Bertz CT molecular complexity index is 2040. The zero-order valence-corrected chi connectivity index (χ0v) is 26.0. The maximum absolute atomic E-state index is 14.1. The van der Waals surface area contributed by atoms with Gasteiger partial charge in [0.25, 0.3) is 5.56 Å². The van der Waals surface area contributed by atoms with Gasteiger partial charge in [0, 0.05) is 5.56 Å². The smallest absolute Gasteiger partial charge is 0.338 e. The van der Waals surface area contributed by atoms with Crippen LogP contribution >= 0.6 is 27.3 Å². The van der Waals surface area contributed by atoms with Gasteiger partial charge in [0.05, 0.1) is 32.9 Å². The van der Waals surface area contributed by atoms with E-state index in [0.717, 1.165) is 22.3 Å². The Morgan fingerprint density at radius 2 is 1.70 bits per heavy atom. The highest BCUT2D eigenvalue weighted by Crippen LogP contribution is 2.35. The predicted molar refractivity (Wildman–Crippen MR) is 172 cm³/mol. The van der Waals surface area contributed by atoms with Crippen LogP contribution in [0.2, 0.25) is 0 Å². The summed E-state index contributed by atoms with van der Waals surface area (Å²) in [5.74, 6) is -0.199. The number of carbonyl (C=O) groups is 1. The van der Waals surface area contributed by atoms with E-state index in [1.165, 1.54) is 23.5 Å². The molecule has 0 N–H and O–H groups in total. The fraction of sp³-hybridized carbons (Fsp3) is 0.114. The highest BCUT2D eigenvalue weighted by molar-refractivity contribution is 9.10. The minimum atomic E-state index is -0.724. The van der Waals surface area contributed by atoms with Crippen molar-refractivity contribution < 1.29 is 18.7 Å². The predicted octanol–water partition coefficient (Wildman–Crippen LogP) is 6.42. The molecule has 0 unspecified atom stereocenters. The monoisotopic (exact) mass is 668 g/mol. The number of fused-ring (bicyclic) bond motifs is 1. The number of carbonyl (C=O) groups excluding carboxylic acids is 1. The highest BCUT2D eigenvalue weighted by Gasteiger charge is 2.35. The molecule has 44 heavy (non-hydrogen) atoms. The van der Waals surface area contributed by atoms with Gasteiger partial charge < -0.3 is 9.47 Å². The average Bonchev–Trinajstić information content (AvgIpc) is 3.35. The lowest BCUT2D eigenvalue weighted by Crippen LogP contribution is -2.39. The Labute approximate surface area is 265 Å². The first kappa shape index (κ1) is 29.5. The first-order valence-corrected chi connectivity index (χ1v) is 15.5. The van der Waals surface area contributed by atoms with Crippen molar-refractivity contribution in [1.82, 2.24) is 4.57 Å². The molecule has 1 aliphatic heterocycles. The van der Waals surface area contributed by atoms with Gasteiger partial charge in [-0.3, -0.25) is 9.36 Å². The van der Waals surface area contributed by atoms with E-state index in [0.29, 0.717) is 30.8 Å². The molecule has 5 aromatic rings. The fourth-order valence-corrected chi connectivity index (χ4v) is 6.52. The van der Waals surface area contributed by atoms with Crippen LogP contribution in [0, 0.1) is 5.82 Å². The number of halogens is 2. The summed E-state index contributed by atoms with van der Waals surface area (Å²) in [4.78, 5) is 32.9. The second-order valence-electron chi connectivity index (χ2n) is 9.95. The maximum Gasteiger partial charge on any atom is 0.338 e. The SMILES string of the molecule is CCOC(=O)C1=C(c2ccccc2)N=c2s/c(=C\c3ccc(OCc4ccc(F)cc4)c(Br)c3)c(=O)n2[C@@H]1c1ccccc1. The highest BCUT2D eigenvalue weighted by atomic mass is 79.9. The van der Waals surface area contributed by atoms with Gasteiger partial charge in [-0.05, 0) is 69.9 Å². The number of hydrogen-bond donors (Lipinski definition) is 0. The molecule has 1 aromatic heterocycles. The Kier molecular flexibility index (Phi) is 8.67. The molecular weight excluding hydrogens is 643 g/mol. The summed E-state index contributed by atoms with van der Waals surface area (Å²) in [5, 5.41) is 0. The zero-order chi connectivity index (χ0) is 30.6. The fourth-order valence-electron chi connectivity index (χ4n) is 5.01. The van der Waals surface area contributed by atoms with E-state index in [-0.39, 0.29) is 24.6 Å². The average molecular weight is 670 g/mol. The van der Waals surface area contributed by atoms with Crippen LogP contribution in [-0.4, -0.2) is 17.1 Å². The second kappa shape index (κ2) is 13.0. The lowest BCUT2D eigenvalue weighted by molar-refractivity contribution is -0.138. The van der Waals surface area contributed by atoms with Crippen LogP contribution in [0.5, 0.6) is 5.75 Å². The Morgan fingerprint density at radius 1 is 1.00 bits per heavy atom. The van der Waals surface area contributed by atoms with Crippen LogP contribution in [0.1, 0.15) is 35.2 Å². The van der Waals surface area contributed by atoms with E-state index in [2.05, 4.69) is 15.9 Å². The van der Waals surface area contributed by atoms with E-state index in [1.807, 2.05) is 78.9 Å². The van der Waals surface area contributed by atoms with Crippen LogP contribution in [0.15, 0.2) is 123 Å². The van der Waals surface area contributed by atoms with Crippen LogP contribution in [-0.2, 0) is 16.1 Å². The lowest BCUT2D eigenvalue weighted by atomic mass is 9.93. The summed E-state index contributed by atoms with van der Waals surface area (Å²) in [6, 6.07) is 29.9. The molecule has 4 aromatic carbocycles. The van der Waals surface area contributed by atoms with Gasteiger partial charge in [-0.15, -0.1) is 0 Å². The Morgan fingerprint density at radius 3 is 2.39 bits per heavy atom. The van der Waals surface area contributed by atoms with E-state index in [9.17, 15) is 14.0 Å². The Balaban J connectivity index is 1.44. The molecule has 0 spiro atoms. The summed E-state index contributed by atoms with van der Waals surface area (Å²) in [6.07, 6.45) is 1.80. The summed E-state index contributed by atoms with van der Waals surface area (Å²) in [6.45, 7) is 2.22. The largest absolute Gasteiger partial charge is 0.488 e. The van der Waals surface area contributed by atoms with Crippen molar-refractivity contribution in [2.45, 2.75) is 19.6 Å². The van der Waals surface area contributed by atoms with Crippen molar-refractivity contribution >= 4 is 45.0 Å². The maximum atomic E-state index is 14.1. The van der Waals surface area contributed by atoms with Crippen molar-refractivity contribution in [3.63, 3.8) is 0 Å².